The molecule has 1 N–H and O–H groups in total. The van der Waals surface area contributed by atoms with E-state index in [9.17, 15) is 14.3 Å². The predicted molar refractivity (Wildman–Crippen MR) is 134 cm³/mol. The second-order valence-corrected chi connectivity index (χ2v) is 10.2. The van der Waals surface area contributed by atoms with Gasteiger partial charge in [-0.3, -0.25) is 0 Å². The minimum Gasteiger partial charge on any atom is -0.497 e. The van der Waals surface area contributed by atoms with Crippen molar-refractivity contribution >= 4 is 6.09 Å². The van der Waals surface area contributed by atoms with Gasteiger partial charge in [0, 0.05) is 36.4 Å². The fraction of sp³-hybridized carbons (Fsp3) is 0.367. The average Bonchev–Trinajstić information content (AvgIpc) is 3.20. The SMILES string of the molecule is COc1ccc(F)c(C2(O)CC3CCCC(C2)N3C(=O)OCC2c3ccccc3-c3ccccc32)c1. The van der Waals surface area contributed by atoms with Crippen LogP contribution in [0.1, 0.15) is 54.7 Å². The first kappa shape index (κ1) is 23.0. The number of carbonyl (C=O) groups is 1. The summed E-state index contributed by atoms with van der Waals surface area (Å²) in [4.78, 5) is 15.2. The van der Waals surface area contributed by atoms with E-state index >= 15 is 0 Å². The van der Waals surface area contributed by atoms with Crippen molar-refractivity contribution in [2.24, 2.45) is 0 Å². The standard InChI is InChI=1S/C30H30FNO4/c1-35-21-13-14-28(31)27(15-21)30(34)16-19-7-6-8-20(17-30)32(19)29(33)36-18-26-24-11-4-2-9-22(24)23-10-3-5-12-25(23)26/h2-5,9-15,19-20,26,34H,6-8,16-18H2,1H3. The third-order valence-corrected chi connectivity index (χ3v) is 8.23. The number of hydrogen-bond donors (Lipinski definition) is 1. The molecule has 2 bridgehead atoms. The van der Waals surface area contributed by atoms with Crippen molar-refractivity contribution < 1.29 is 23.8 Å². The molecule has 2 fully saturated rings. The minimum atomic E-state index is -1.35. The van der Waals surface area contributed by atoms with E-state index < -0.39 is 11.4 Å². The van der Waals surface area contributed by atoms with Gasteiger partial charge in [-0.15, -0.1) is 0 Å². The smallest absolute Gasteiger partial charge is 0.410 e. The van der Waals surface area contributed by atoms with Gasteiger partial charge in [0.1, 0.15) is 18.2 Å². The molecular weight excluding hydrogens is 457 g/mol. The summed E-state index contributed by atoms with van der Waals surface area (Å²) in [5.74, 6) is 0.0451. The molecule has 2 saturated heterocycles. The second kappa shape index (κ2) is 8.93. The van der Waals surface area contributed by atoms with Crippen LogP contribution in [0.3, 0.4) is 0 Å². The molecule has 0 aromatic heterocycles. The molecule has 2 heterocycles. The van der Waals surface area contributed by atoms with Crippen molar-refractivity contribution in [3.05, 3.63) is 89.2 Å². The lowest BCUT2D eigenvalue weighted by Crippen LogP contribution is -2.59. The Morgan fingerprint density at radius 3 is 2.22 bits per heavy atom. The Balaban J connectivity index is 1.21. The van der Waals surface area contributed by atoms with E-state index in [0.717, 1.165) is 19.3 Å². The predicted octanol–water partition coefficient (Wildman–Crippen LogP) is 5.99. The van der Waals surface area contributed by atoms with Crippen LogP contribution in [0.15, 0.2) is 66.7 Å². The maximum Gasteiger partial charge on any atom is 0.410 e. The molecular formula is C30H30FNO4. The Morgan fingerprint density at radius 2 is 1.61 bits per heavy atom. The van der Waals surface area contributed by atoms with Crippen LogP contribution >= 0.6 is 0 Å². The lowest BCUT2D eigenvalue weighted by Gasteiger charge is -2.51. The number of benzene rings is 3. The summed E-state index contributed by atoms with van der Waals surface area (Å²) in [6.45, 7) is 0.261. The zero-order valence-electron chi connectivity index (χ0n) is 20.3. The van der Waals surface area contributed by atoms with Gasteiger partial charge in [0.15, 0.2) is 0 Å². The fourth-order valence-electron chi connectivity index (χ4n) is 6.60. The van der Waals surface area contributed by atoms with Crippen molar-refractivity contribution in [3.8, 4) is 16.9 Å². The van der Waals surface area contributed by atoms with Gasteiger partial charge in [0.2, 0.25) is 0 Å². The Labute approximate surface area is 210 Å². The molecule has 0 radical (unpaired) electrons. The summed E-state index contributed by atoms with van der Waals surface area (Å²) in [6.07, 6.45) is 2.69. The molecule has 2 unspecified atom stereocenters. The highest BCUT2D eigenvalue weighted by Gasteiger charge is 2.49. The van der Waals surface area contributed by atoms with E-state index in [0.29, 0.717) is 5.75 Å². The number of nitrogens with zero attached hydrogens (tertiary/aromatic N) is 1. The van der Waals surface area contributed by atoms with Crippen molar-refractivity contribution in [1.29, 1.82) is 0 Å². The molecule has 0 spiro atoms. The van der Waals surface area contributed by atoms with Gasteiger partial charge in [0.05, 0.1) is 12.7 Å². The van der Waals surface area contributed by atoms with Gasteiger partial charge in [-0.2, -0.15) is 0 Å². The van der Waals surface area contributed by atoms with Crippen LogP contribution in [0.5, 0.6) is 5.75 Å². The summed E-state index contributed by atoms with van der Waals surface area (Å²) in [6, 6.07) is 20.6. The average molecular weight is 488 g/mol. The number of hydrogen-bond acceptors (Lipinski definition) is 4. The molecule has 6 rings (SSSR count). The van der Waals surface area contributed by atoms with Gasteiger partial charge in [0.25, 0.3) is 0 Å². The second-order valence-electron chi connectivity index (χ2n) is 10.2. The molecule has 3 aromatic carbocycles. The fourth-order valence-corrected chi connectivity index (χ4v) is 6.60. The zero-order chi connectivity index (χ0) is 24.9. The highest BCUT2D eigenvalue weighted by atomic mass is 19.1. The summed E-state index contributed by atoms with van der Waals surface area (Å²) in [5.41, 5.74) is 3.62. The van der Waals surface area contributed by atoms with Gasteiger partial charge >= 0.3 is 6.09 Å². The summed E-state index contributed by atoms with van der Waals surface area (Å²) >= 11 is 0. The van der Waals surface area contributed by atoms with Crippen LogP contribution in [0, 0.1) is 5.82 Å². The van der Waals surface area contributed by atoms with E-state index in [1.54, 1.807) is 12.1 Å². The van der Waals surface area contributed by atoms with Crippen LogP contribution in [-0.4, -0.2) is 41.9 Å². The Kier molecular flexibility index (Phi) is 5.72. The van der Waals surface area contributed by atoms with Crippen LogP contribution in [-0.2, 0) is 10.3 Å². The minimum absolute atomic E-state index is 0.00575. The van der Waals surface area contributed by atoms with Crippen LogP contribution < -0.4 is 4.74 Å². The summed E-state index contributed by atoms with van der Waals surface area (Å²) in [5, 5.41) is 11.6. The molecule has 36 heavy (non-hydrogen) atoms. The first-order valence-corrected chi connectivity index (χ1v) is 12.7. The number of rotatable bonds is 4. The zero-order valence-corrected chi connectivity index (χ0v) is 20.3. The number of methoxy groups -OCH3 is 1. The lowest BCUT2D eigenvalue weighted by atomic mass is 9.72. The van der Waals surface area contributed by atoms with Gasteiger partial charge < -0.3 is 19.5 Å². The normalized spacial score (nSPS) is 24.7. The van der Waals surface area contributed by atoms with Crippen molar-refractivity contribution in [2.45, 2.75) is 55.7 Å². The van der Waals surface area contributed by atoms with Crippen LogP contribution in [0.4, 0.5) is 9.18 Å². The number of ether oxygens (including phenoxy) is 2. The third-order valence-electron chi connectivity index (χ3n) is 8.23. The van der Waals surface area contributed by atoms with Crippen LogP contribution in [0.25, 0.3) is 11.1 Å². The van der Waals surface area contributed by atoms with E-state index in [1.807, 2.05) is 29.2 Å². The molecule has 2 aliphatic heterocycles. The van der Waals surface area contributed by atoms with Gasteiger partial charge in [-0.05, 0) is 59.7 Å². The third kappa shape index (κ3) is 3.75. The first-order valence-electron chi connectivity index (χ1n) is 12.7. The maximum absolute atomic E-state index is 14.8. The van der Waals surface area contributed by atoms with Crippen molar-refractivity contribution in [2.75, 3.05) is 13.7 Å². The van der Waals surface area contributed by atoms with E-state index in [1.165, 1.54) is 35.4 Å². The van der Waals surface area contributed by atoms with Gasteiger partial charge in [-0.1, -0.05) is 48.5 Å². The van der Waals surface area contributed by atoms with E-state index in [2.05, 4.69) is 24.3 Å². The van der Waals surface area contributed by atoms with Crippen molar-refractivity contribution in [1.82, 2.24) is 4.90 Å². The largest absolute Gasteiger partial charge is 0.497 e. The number of fused-ring (bicyclic) bond motifs is 5. The Morgan fingerprint density at radius 1 is 1.00 bits per heavy atom. The number of amides is 1. The topological polar surface area (TPSA) is 59.0 Å². The molecule has 3 aliphatic rings. The summed E-state index contributed by atoms with van der Waals surface area (Å²) in [7, 11) is 1.52. The van der Waals surface area contributed by atoms with Crippen LogP contribution in [0.2, 0.25) is 0 Å². The summed E-state index contributed by atoms with van der Waals surface area (Å²) < 4.78 is 26.0. The molecule has 1 aliphatic carbocycles. The first-order chi connectivity index (χ1) is 17.5. The lowest BCUT2D eigenvalue weighted by molar-refractivity contribution is -0.0907. The van der Waals surface area contributed by atoms with E-state index in [4.69, 9.17) is 9.47 Å². The molecule has 5 nitrogen and oxygen atoms in total. The molecule has 3 aromatic rings. The Hall–Kier alpha value is -3.38. The maximum atomic E-state index is 14.8. The molecule has 6 heteroatoms. The van der Waals surface area contributed by atoms with Crippen molar-refractivity contribution in [3.63, 3.8) is 0 Å². The quantitative estimate of drug-likeness (QED) is 0.491. The number of carbonyl (C=O) groups excluding carboxylic acids is 1. The molecule has 0 saturated carbocycles. The molecule has 2 atom stereocenters. The molecule has 186 valence electrons. The highest BCUT2D eigenvalue weighted by Crippen LogP contribution is 2.47. The number of aliphatic hydroxyl groups is 1. The highest BCUT2D eigenvalue weighted by molar-refractivity contribution is 5.79. The number of halogens is 1. The Bertz CT molecular complexity index is 1250. The van der Waals surface area contributed by atoms with Gasteiger partial charge in [-0.25, -0.2) is 9.18 Å². The number of piperidine rings is 2. The van der Waals surface area contributed by atoms with E-state index in [-0.39, 0.29) is 49.1 Å². The monoisotopic (exact) mass is 487 g/mol. The molecule has 1 amide bonds.